The van der Waals surface area contributed by atoms with Crippen LogP contribution < -0.4 is 0 Å². The maximum atomic E-state index is 10.5. The third kappa shape index (κ3) is 3.22. The minimum absolute atomic E-state index is 0.134. The highest BCUT2D eigenvalue weighted by Gasteiger charge is 2.33. The maximum absolute atomic E-state index is 10.5. The maximum Gasteiger partial charge on any atom is 0.266 e. The molecule has 1 rings (SSSR count). The lowest BCUT2D eigenvalue weighted by Gasteiger charge is -2.28. The molecule has 1 heterocycles. The van der Waals surface area contributed by atoms with Crippen LogP contribution in [0, 0.1) is 0 Å². The van der Waals surface area contributed by atoms with Crippen molar-refractivity contribution in [3.05, 3.63) is 0 Å². The summed E-state index contributed by atoms with van der Waals surface area (Å²) in [5, 5.41) is 0. The molecule has 0 spiro atoms. The third-order valence-electron chi connectivity index (χ3n) is 2.18. The van der Waals surface area contributed by atoms with Gasteiger partial charge in [0.15, 0.2) is 0 Å². The standard InChI is InChI=1S/C7H15NO4S/c1-7(2)5-12-6-8(7)3-4-13(9,10)11/h3-6H2,1-2H3,(H,9,10,11). The molecule has 0 aliphatic carbocycles. The van der Waals surface area contributed by atoms with Gasteiger partial charge in [0.2, 0.25) is 0 Å². The summed E-state index contributed by atoms with van der Waals surface area (Å²) >= 11 is 0. The normalized spacial score (nSPS) is 23.6. The molecule has 78 valence electrons. The van der Waals surface area contributed by atoms with Gasteiger partial charge in [0.25, 0.3) is 10.1 Å². The first-order valence-electron chi connectivity index (χ1n) is 4.09. The molecule has 0 amide bonds. The fourth-order valence-corrected chi connectivity index (χ4v) is 1.72. The Morgan fingerprint density at radius 1 is 1.54 bits per heavy atom. The fourth-order valence-electron chi connectivity index (χ4n) is 1.26. The van der Waals surface area contributed by atoms with Crippen LogP contribution >= 0.6 is 0 Å². The van der Waals surface area contributed by atoms with Gasteiger partial charge in [-0.25, -0.2) is 0 Å². The minimum Gasteiger partial charge on any atom is -0.364 e. The molecule has 1 aliphatic heterocycles. The average Bonchev–Trinajstić information content (AvgIpc) is 2.23. The first kappa shape index (κ1) is 10.9. The van der Waals surface area contributed by atoms with E-state index in [1.807, 2.05) is 18.7 Å². The van der Waals surface area contributed by atoms with Crippen LogP contribution in [0.2, 0.25) is 0 Å². The Kier molecular flexibility index (Phi) is 2.96. The second-order valence-electron chi connectivity index (χ2n) is 3.84. The third-order valence-corrected chi connectivity index (χ3v) is 2.88. The van der Waals surface area contributed by atoms with E-state index in [9.17, 15) is 8.42 Å². The van der Waals surface area contributed by atoms with E-state index < -0.39 is 10.1 Å². The van der Waals surface area contributed by atoms with Crippen LogP contribution in [-0.2, 0) is 14.9 Å². The summed E-state index contributed by atoms with van der Waals surface area (Å²) in [7, 11) is -3.86. The Labute approximate surface area is 78.4 Å². The van der Waals surface area contributed by atoms with E-state index in [2.05, 4.69) is 0 Å². The highest BCUT2D eigenvalue weighted by molar-refractivity contribution is 7.85. The molecule has 0 aromatic rings. The van der Waals surface area contributed by atoms with Crippen molar-refractivity contribution in [1.82, 2.24) is 4.90 Å². The summed E-state index contributed by atoms with van der Waals surface area (Å²) in [6, 6.07) is 0. The number of ether oxygens (including phenoxy) is 1. The molecule has 1 N–H and O–H groups in total. The van der Waals surface area contributed by atoms with Gasteiger partial charge in [-0.2, -0.15) is 8.42 Å². The van der Waals surface area contributed by atoms with Crippen molar-refractivity contribution in [2.75, 3.05) is 25.6 Å². The van der Waals surface area contributed by atoms with Gasteiger partial charge in [0.1, 0.15) is 0 Å². The van der Waals surface area contributed by atoms with Crippen LogP contribution in [-0.4, -0.2) is 49.0 Å². The van der Waals surface area contributed by atoms with E-state index in [4.69, 9.17) is 9.29 Å². The zero-order chi connectivity index (χ0) is 10.1. The largest absolute Gasteiger partial charge is 0.364 e. The second kappa shape index (κ2) is 3.53. The highest BCUT2D eigenvalue weighted by Crippen LogP contribution is 2.20. The molecule has 0 aromatic heterocycles. The lowest BCUT2D eigenvalue weighted by molar-refractivity contribution is 0.137. The Bertz CT molecular complexity index is 272. The van der Waals surface area contributed by atoms with Crippen molar-refractivity contribution in [1.29, 1.82) is 0 Å². The van der Waals surface area contributed by atoms with Crippen molar-refractivity contribution < 1.29 is 17.7 Å². The Morgan fingerprint density at radius 3 is 2.54 bits per heavy atom. The summed E-state index contributed by atoms with van der Waals surface area (Å²) in [4.78, 5) is 1.89. The Hall–Kier alpha value is -0.170. The second-order valence-corrected chi connectivity index (χ2v) is 5.41. The van der Waals surface area contributed by atoms with Crippen molar-refractivity contribution in [2.24, 2.45) is 0 Å². The molecule has 0 saturated carbocycles. The van der Waals surface area contributed by atoms with E-state index in [0.29, 0.717) is 19.9 Å². The SMILES string of the molecule is CC1(C)COCN1CCS(=O)(=O)O. The van der Waals surface area contributed by atoms with Crippen molar-refractivity contribution in [3.63, 3.8) is 0 Å². The van der Waals surface area contributed by atoms with E-state index in [1.54, 1.807) is 0 Å². The molecule has 0 atom stereocenters. The van der Waals surface area contributed by atoms with E-state index >= 15 is 0 Å². The molecule has 13 heavy (non-hydrogen) atoms. The lowest BCUT2D eigenvalue weighted by atomic mass is 10.1. The summed E-state index contributed by atoms with van der Waals surface area (Å²) < 4.78 is 34.7. The molecule has 6 heteroatoms. The van der Waals surface area contributed by atoms with Gasteiger partial charge in [-0.3, -0.25) is 9.45 Å². The average molecular weight is 209 g/mol. The predicted molar refractivity (Wildman–Crippen MR) is 48.0 cm³/mol. The van der Waals surface area contributed by atoms with Gasteiger partial charge in [-0.05, 0) is 13.8 Å². The van der Waals surface area contributed by atoms with Crippen LogP contribution in [0.15, 0.2) is 0 Å². The van der Waals surface area contributed by atoms with E-state index in [-0.39, 0.29) is 11.3 Å². The minimum atomic E-state index is -3.86. The zero-order valence-electron chi connectivity index (χ0n) is 7.86. The number of hydrogen-bond donors (Lipinski definition) is 1. The fraction of sp³-hybridized carbons (Fsp3) is 1.00. The molecule has 0 bridgehead atoms. The predicted octanol–water partition coefficient (Wildman–Crippen LogP) is -0.0575. The van der Waals surface area contributed by atoms with Gasteiger partial charge in [-0.1, -0.05) is 0 Å². The van der Waals surface area contributed by atoms with E-state index in [1.165, 1.54) is 0 Å². The smallest absolute Gasteiger partial charge is 0.266 e. The molecule has 5 nitrogen and oxygen atoms in total. The van der Waals surface area contributed by atoms with Crippen molar-refractivity contribution >= 4 is 10.1 Å². The Balaban J connectivity index is 2.46. The summed E-state index contributed by atoms with van der Waals surface area (Å²) in [5.74, 6) is -0.236. The molecular weight excluding hydrogens is 194 g/mol. The zero-order valence-corrected chi connectivity index (χ0v) is 8.67. The van der Waals surface area contributed by atoms with Crippen LogP contribution in [0.4, 0.5) is 0 Å². The molecule has 0 aromatic carbocycles. The van der Waals surface area contributed by atoms with Crippen LogP contribution in [0.25, 0.3) is 0 Å². The van der Waals surface area contributed by atoms with Crippen LogP contribution in [0.5, 0.6) is 0 Å². The number of hydrogen-bond acceptors (Lipinski definition) is 4. The van der Waals surface area contributed by atoms with Crippen molar-refractivity contribution in [3.8, 4) is 0 Å². The van der Waals surface area contributed by atoms with Crippen LogP contribution in [0.3, 0.4) is 0 Å². The van der Waals surface area contributed by atoms with Crippen LogP contribution in [0.1, 0.15) is 13.8 Å². The molecular formula is C7H15NO4S. The summed E-state index contributed by atoms with van der Waals surface area (Å²) in [6.07, 6.45) is 0. The highest BCUT2D eigenvalue weighted by atomic mass is 32.2. The molecule has 0 unspecified atom stereocenters. The van der Waals surface area contributed by atoms with Gasteiger partial charge >= 0.3 is 0 Å². The number of nitrogens with zero attached hydrogens (tertiary/aromatic N) is 1. The van der Waals surface area contributed by atoms with Crippen molar-refractivity contribution in [2.45, 2.75) is 19.4 Å². The van der Waals surface area contributed by atoms with Gasteiger partial charge in [0.05, 0.1) is 19.1 Å². The molecule has 1 saturated heterocycles. The lowest BCUT2D eigenvalue weighted by Crippen LogP contribution is -2.42. The van der Waals surface area contributed by atoms with Gasteiger partial charge in [-0.15, -0.1) is 0 Å². The first-order valence-corrected chi connectivity index (χ1v) is 5.70. The molecule has 0 radical (unpaired) electrons. The number of rotatable bonds is 3. The molecule has 1 fully saturated rings. The summed E-state index contributed by atoms with van der Waals surface area (Å²) in [6.45, 7) is 5.29. The van der Waals surface area contributed by atoms with Gasteiger partial charge < -0.3 is 4.74 Å². The topological polar surface area (TPSA) is 66.8 Å². The molecule has 1 aliphatic rings. The van der Waals surface area contributed by atoms with E-state index in [0.717, 1.165) is 0 Å². The first-order chi connectivity index (χ1) is 5.81. The van der Waals surface area contributed by atoms with Gasteiger partial charge in [0, 0.05) is 12.1 Å². The monoisotopic (exact) mass is 209 g/mol. The quantitative estimate of drug-likeness (QED) is 0.660. The summed E-state index contributed by atoms with van der Waals surface area (Å²) in [5.41, 5.74) is -0.134. The Morgan fingerprint density at radius 2 is 2.15 bits per heavy atom.